The number of hydrogen-bond donors (Lipinski definition) is 1. The summed E-state index contributed by atoms with van der Waals surface area (Å²) < 4.78 is 0. The van der Waals surface area contributed by atoms with Crippen molar-refractivity contribution in [1.29, 1.82) is 0 Å². The van der Waals surface area contributed by atoms with Gasteiger partial charge in [0.15, 0.2) is 0 Å². The molecule has 102 valence electrons. The number of nitrogens with zero attached hydrogens (tertiary/aromatic N) is 2. The van der Waals surface area contributed by atoms with Crippen LogP contribution in [0.4, 0.5) is 0 Å². The van der Waals surface area contributed by atoms with Crippen LogP contribution in [0.1, 0.15) is 29.1 Å². The van der Waals surface area contributed by atoms with Crippen LogP contribution in [-0.2, 0) is 13.1 Å². The van der Waals surface area contributed by atoms with E-state index >= 15 is 0 Å². The fourth-order valence-corrected chi connectivity index (χ4v) is 2.69. The lowest BCUT2D eigenvalue weighted by atomic mass is 10.1. The molecule has 1 aromatic carbocycles. The molecule has 2 aromatic rings. The number of aromatic nitrogens is 1. The molecule has 1 unspecified atom stereocenters. The first kappa shape index (κ1) is 14.2. The maximum absolute atomic E-state index is 4.35. The van der Waals surface area contributed by atoms with Gasteiger partial charge in [0.2, 0.25) is 0 Å². The van der Waals surface area contributed by atoms with Crippen molar-refractivity contribution in [3.8, 4) is 0 Å². The molecule has 1 heterocycles. The Hall–Kier alpha value is -1.23. The Morgan fingerprint density at radius 2 is 2.00 bits per heavy atom. The highest BCUT2D eigenvalue weighted by molar-refractivity contribution is 7.09. The fourth-order valence-electron chi connectivity index (χ4n) is 2.02. The Morgan fingerprint density at radius 3 is 2.63 bits per heavy atom. The van der Waals surface area contributed by atoms with Gasteiger partial charge in [0.25, 0.3) is 0 Å². The van der Waals surface area contributed by atoms with Gasteiger partial charge in [-0.25, -0.2) is 4.98 Å². The van der Waals surface area contributed by atoms with Gasteiger partial charge < -0.3 is 10.2 Å². The Labute approximate surface area is 119 Å². The number of rotatable bonds is 6. The zero-order chi connectivity index (χ0) is 13.7. The summed E-state index contributed by atoms with van der Waals surface area (Å²) in [7, 11) is 4.20. The predicted molar refractivity (Wildman–Crippen MR) is 81.2 cm³/mol. The first-order valence-electron chi connectivity index (χ1n) is 6.51. The van der Waals surface area contributed by atoms with Crippen molar-refractivity contribution in [3.05, 3.63) is 52.0 Å². The van der Waals surface area contributed by atoms with Gasteiger partial charge in [0.05, 0.1) is 6.04 Å². The van der Waals surface area contributed by atoms with Gasteiger partial charge in [-0.2, -0.15) is 0 Å². The molecular weight excluding hydrogens is 254 g/mol. The number of benzene rings is 1. The van der Waals surface area contributed by atoms with Gasteiger partial charge in [0.1, 0.15) is 5.01 Å². The predicted octanol–water partition coefficient (Wildman–Crippen LogP) is 3.06. The average molecular weight is 275 g/mol. The molecule has 0 radical (unpaired) electrons. The molecular formula is C15H21N3S. The quantitative estimate of drug-likeness (QED) is 0.878. The maximum Gasteiger partial charge on any atom is 0.109 e. The fraction of sp³-hybridized carbons (Fsp3) is 0.400. The summed E-state index contributed by atoms with van der Waals surface area (Å²) in [6, 6.07) is 8.90. The van der Waals surface area contributed by atoms with Gasteiger partial charge in [-0.1, -0.05) is 24.3 Å². The van der Waals surface area contributed by atoms with Crippen LogP contribution in [0.2, 0.25) is 0 Å². The van der Waals surface area contributed by atoms with Crippen LogP contribution >= 0.6 is 11.3 Å². The van der Waals surface area contributed by atoms with Gasteiger partial charge in [-0.15, -0.1) is 11.3 Å². The Kier molecular flexibility index (Phi) is 5.07. The van der Waals surface area contributed by atoms with Crippen molar-refractivity contribution in [2.75, 3.05) is 14.1 Å². The average Bonchev–Trinajstić information content (AvgIpc) is 2.90. The third kappa shape index (κ3) is 4.13. The number of hydrogen-bond acceptors (Lipinski definition) is 4. The van der Waals surface area contributed by atoms with Gasteiger partial charge in [0, 0.05) is 24.7 Å². The summed E-state index contributed by atoms with van der Waals surface area (Å²) in [4.78, 5) is 6.54. The monoisotopic (exact) mass is 275 g/mol. The minimum absolute atomic E-state index is 0.299. The molecule has 19 heavy (non-hydrogen) atoms. The Morgan fingerprint density at radius 1 is 1.26 bits per heavy atom. The highest BCUT2D eigenvalue weighted by atomic mass is 32.1. The molecule has 0 spiro atoms. The molecule has 0 aliphatic carbocycles. The van der Waals surface area contributed by atoms with E-state index in [1.807, 2.05) is 11.6 Å². The van der Waals surface area contributed by atoms with E-state index in [-0.39, 0.29) is 0 Å². The van der Waals surface area contributed by atoms with Gasteiger partial charge >= 0.3 is 0 Å². The summed E-state index contributed by atoms with van der Waals surface area (Å²) in [5.41, 5.74) is 2.74. The van der Waals surface area contributed by atoms with Crippen LogP contribution in [0, 0.1) is 0 Å². The van der Waals surface area contributed by atoms with E-state index in [9.17, 15) is 0 Å². The Bertz CT molecular complexity index is 494. The van der Waals surface area contributed by atoms with Crippen molar-refractivity contribution < 1.29 is 0 Å². The molecule has 0 aliphatic heterocycles. The standard InChI is InChI=1S/C15H21N3S/c1-12(15-16-8-9-19-15)17-10-13-6-4-5-7-14(13)11-18(2)3/h4-9,12,17H,10-11H2,1-3H3. The summed E-state index contributed by atoms with van der Waals surface area (Å²) in [6.07, 6.45) is 1.86. The van der Waals surface area contributed by atoms with Crippen molar-refractivity contribution in [2.45, 2.75) is 26.1 Å². The largest absolute Gasteiger partial charge is 0.305 e. The Balaban J connectivity index is 1.99. The normalized spacial score (nSPS) is 12.8. The van der Waals surface area contributed by atoms with E-state index in [1.54, 1.807) is 11.3 Å². The van der Waals surface area contributed by atoms with Crippen molar-refractivity contribution >= 4 is 11.3 Å². The lowest BCUT2D eigenvalue weighted by molar-refractivity contribution is 0.400. The maximum atomic E-state index is 4.35. The van der Waals surface area contributed by atoms with Crippen LogP contribution < -0.4 is 5.32 Å². The van der Waals surface area contributed by atoms with Gasteiger partial charge in [-0.05, 0) is 32.1 Å². The minimum Gasteiger partial charge on any atom is -0.305 e. The van der Waals surface area contributed by atoms with Crippen molar-refractivity contribution in [1.82, 2.24) is 15.2 Å². The zero-order valence-electron chi connectivity index (χ0n) is 11.8. The molecule has 3 nitrogen and oxygen atoms in total. The summed E-state index contributed by atoms with van der Waals surface area (Å²) in [6.45, 7) is 4.02. The zero-order valence-corrected chi connectivity index (χ0v) is 12.6. The highest BCUT2D eigenvalue weighted by Crippen LogP contribution is 2.17. The van der Waals surface area contributed by atoms with E-state index in [0.29, 0.717) is 6.04 Å². The number of nitrogens with one attached hydrogen (secondary N) is 1. The second-order valence-corrected chi connectivity index (χ2v) is 5.91. The van der Waals surface area contributed by atoms with Crippen LogP contribution in [0.15, 0.2) is 35.8 Å². The van der Waals surface area contributed by atoms with Crippen LogP contribution in [0.25, 0.3) is 0 Å². The van der Waals surface area contributed by atoms with E-state index in [4.69, 9.17) is 0 Å². The van der Waals surface area contributed by atoms with E-state index in [0.717, 1.165) is 18.1 Å². The second-order valence-electron chi connectivity index (χ2n) is 4.98. The van der Waals surface area contributed by atoms with Gasteiger partial charge in [-0.3, -0.25) is 0 Å². The number of thiazole rings is 1. The molecule has 1 atom stereocenters. The van der Waals surface area contributed by atoms with Crippen LogP contribution in [-0.4, -0.2) is 24.0 Å². The van der Waals surface area contributed by atoms with Crippen LogP contribution in [0.3, 0.4) is 0 Å². The molecule has 1 N–H and O–H groups in total. The molecule has 0 aliphatic rings. The summed E-state index contributed by atoms with van der Waals surface area (Å²) in [5.74, 6) is 0. The third-order valence-electron chi connectivity index (χ3n) is 3.03. The van der Waals surface area contributed by atoms with Crippen molar-refractivity contribution in [3.63, 3.8) is 0 Å². The molecule has 0 amide bonds. The second kappa shape index (κ2) is 6.80. The molecule has 0 saturated heterocycles. The van der Waals surface area contributed by atoms with Crippen LogP contribution in [0.5, 0.6) is 0 Å². The first-order valence-corrected chi connectivity index (χ1v) is 7.39. The molecule has 0 saturated carbocycles. The third-order valence-corrected chi connectivity index (χ3v) is 3.98. The lowest BCUT2D eigenvalue weighted by Gasteiger charge is -2.16. The minimum atomic E-state index is 0.299. The topological polar surface area (TPSA) is 28.2 Å². The molecule has 1 aromatic heterocycles. The molecule has 0 fully saturated rings. The molecule has 4 heteroatoms. The smallest absolute Gasteiger partial charge is 0.109 e. The summed E-state index contributed by atoms with van der Waals surface area (Å²) in [5, 5.41) is 6.71. The summed E-state index contributed by atoms with van der Waals surface area (Å²) >= 11 is 1.70. The van der Waals surface area contributed by atoms with E-state index in [2.05, 4.69) is 60.5 Å². The van der Waals surface area contributed by atoms with Crippen molar-refractivity contribution in [2.24, 2.45) is 0 Å². The highest BCUT2D eigenvalue weighted by Gasteiger charge is 2.09. The first-order chi connectivity index (χ1) is 9.16. The van der Waals surface area contributed by atoms with E-state index < -0.39 is 0 Å². The van der Waals surface area contributed by atoms with E-state index in [1.165, 1.54) is 11.1 Å². The lowest BCUT2D eigenvalue weighted by Crippen LogP contribution is -2.20. The molecule has 0 bridgehead atoms. The SMILES string of the molecule is CC(NCc1ccccc1CN(C)C)c1nccs1. The molecule has 2 rings (SSSR count).